The molecule has 4 rings (SSSR count). The number of rotatable bonds is 4. The molecular weight excluding hydrogens is 433 g/mol. The Morgan fingerprint density at radius 1 is 0.968 bits per heavy atom. The number of carbonyl (C=O) groups excluding carboxylic acids is 1. The molecule has 0 radical (unpaired) electrons. The number of benzene rings is 2. The second-order valence-electron chi connectivity index (χ2n) is 7.14. The maximum Gasteiger partial charge on any atom is 0.258 e. The van der Waals surface area contributed by atoms with E-state index in [1.807, 2.05) is 45.0 Å². The minimum atomic E-state index is -0.409. The number of fused-ring (bicyclic) bond motifs is 1. The maximum atomic E-state index is 12.9. The minimum absolute atomic E-state index is 0.217. The van der Waals surface area contributed by atoms with Crippen LogP contribution in [0, 0.1) is 20.8 Å². The summed E-state index contributed by atoms with van der Waals surface area (Å²) >= 11 is 12.4. The van der Waals surface area contributed by atoms with Crippen LogP contribution in [-0.2, 0) is 0 Å². The number of para-hydroxylation sites is 1. The summed E-state index contributed by atoms with van der Waals surface area (Å²) in [6, 6.07) is 14.2. The number of nitrogens with zero attached hydrogens (tertiary/aromatic N) is 2. The number of halogens is 2. The lowest BCUT2D eigenvalue weighted by atomic mass is 10.1. The highest BCUT2D eigenvalue weighted by Gasteiger charge is 2.18. The van der Waals surface area contributed by atoms with Crippen LogP contribution in [0.25, 0.3) is 10.9 Å². The summed E-state index contributed by atoms with van der Waals surface area (Å²) in [5, 5.41) is 4.22. The van der Waals surface area contributed by atoms with Crippen molar-refractivity contribution in [3.05, 3.63) is 87.3 Å². The van der Waals surface area contributed by atoms with Crippen molar-refractivity contribution in [1.29, 1.82) is 0 Å². The number of hydrogen-bond donors (Lipinski definition) is 1. The third kappa shape index (κ3) is 4.20. The van der Waals surface area contributed by atoms with Gasteiger partial charge in [0.2, 0.25) is 0 Å². The van der Waals surface area contributed by atoms with Crippen LogP contribution in [0.3, 0.4) is 0 Å². The number of aryl methyl sites for hydroxylation is 2. The Balaban J connectivity index is 1.79. The molecule has 7 heteroatoms. The summed E-state index contributed by atoms with van der Waals surface area (Å²) in [6.45, 7) is 5.77. The fourth-order valence-electron chi connectivity index (χ4n) is 3.23. The molecule has 0 saturated carbocycles. The summed E-state index contributed by atoms with van der Waals surface area (Å²) in [6.07, 6.45) is 1.68. The van der Waals surface area contributed by atoms with Crippen LogP contribution in [0.4, 0.5) is 5.69 Å². The Morgan fingerprint density at radius 3 is 2.35 bits per heavy atom. The highest BCUT2D eigenvalue weighted by molar-refractivity contribution is 6.40. The first-order valence-corrected chi connectivity index (χ1v) is 10.4. The SMILES string of the molecule is Cc1ccc(Oc2c(C)c(C)nc3c(NC(=O)c4c(Cl)cccc4Cl)cccc23)cn1. The number of hydrogen-bond acceptors (Lipinski definition) is 4. The van der Waals surface area contributed by atoms with Crippen LogP contribution in [0.15, 0.2) is 54.7 Å². The molecule has 1 N–H and O–H groups in total. The Bertz CT molecular complexity index is 1280. The molecule has 0 fully saturated rings. The van der Waals surface area contributed by atoms with Crippen LogP contribution in [0.5, 0.6) is 11.5 Å². The van der Waals surface area contributed by atoms with Gasteiger partial charge in [0, 0.05) is 22.3 Å². The lowest BCUT2D eigenvalue weighted by Gasteiger charge is -2.16. The summed E-state index contributed by atoms with van der Waals surface area (Å²) in [4.78, 5) is 21.9. The Hall–Kier alpha value is -3.15. The smallest absolute Gasteiger partial charge is 0.258 e. The molecule has 4 aromatic rings. The average molecular weight is 452 g/mol. The molecule has 31 heavy (non-hydrogen) atoms. The standard InChI is InChI=1S/C24H19Cl2N3O2/c1-13-10-11-16(12-27-13)31-23-14(2)15(3)28-22-17(23)6-4-9-20(22)29-24(30)21-18(25)7-5-8-19(21)26/h4-12H,1-3H3,(H,29,30). The van der Waals surface area contributed by atoms with Crippen LogP contribution in [-0.4, -0.2) is 15.9 Å². The molecule has 1 amide bonds. The van der Waals surface area contributed by atoms with E-state index < -0.39 is 5.91 Å². The maximum absolute atomic E-state index is 12.9. The molecule has 156 valence electrons. The largest absolute Gasteiger partial charge is 0.455 e. The molecule has 2 aromatic heterocycles. The van der Waals surface area contributed by atoms with Crippen molar-refractivity contribution in [1.82, 2.24) is 9.97 Å². The van der Waals surface area contributed by atoms with Gasteiger partial charge in [0.25, 0.3) is 5.91 Å². The molecule has 0 unspecified atom stereocenters. The molecule has 0 saturated heterocycles. The van der Waals surface area contributed by atoms with Gasteiger partial charge in [-0.3, -0.25) is 14.8 Å². The average Bonchev–Trinajstić information content (AvgIpc) is 2.73. The second kappa shape index (κ2) is 8.53. The van der Waals surface area contributed by atoms with Gasteiger partial charge < -0.3 is 10.1 Å². The monoisotopic (exact) mass is 451 g/mol. The van der Waals surface area contributed by atoms with Crippen molar-refractivity contribution in [3.63, 3.8) is 0 Å². The lowest BCUT2D eigenvalue weighted by molar-refractivity contribution is 0.102. The van der Waals surface area contributed by atoms with Crippen molar-refractivity contribution >= 4 is 45.7 Å². The summed E-state index contributed by atoms with van der Waals surface area (Å²) < 4.78 is 6.18. The number of aromatic nitrogens is 2. The van der Waals surface area contributed by atoms with E-state index in [1.165, 1.54) is 0 Å². The number of amides is 1. The summed E-state index contributed by atoms with van der Waals surface area (Å²) in [5.74, 6) is 0.881. The number of carbonyl (C=O) groups is 1. The predicted octanol–water partition coefficient (Wildman–Crippen LogP) is 6.91. The van der Waals surface area contributed by atoms with Crippen LogP contribution in [0.1, 0.15) is 27.3 Å². The van der Waals surface area contributed by atoms with Gasteiger partial charge in [-0.05, 0) is 57.2 Å². The topological polar surface area (TPSA) is 64.1 Å². The molecule has 0 aliphatic rings. The van der Waals surface area contributed by atoms with E-state index in [2.05, 4.69) is 10.3 Å². The Labute approximate surface area is 190 Å². The molecule has 0 atom stereocenters. The molecule has 0 aliphatic carbocycles. The van der Waals surface area contributed by atoms with Gasteiger partial charge in [-0.15, -0.1) is 0 Å². The lowest BCUT2D eigenvalue weighted by Crippen LogP contribution is -2.14. The normalized spacial score (nSPS) is 10.9. The first kappa shape index (κ1) is 21.1. The van der Waals surface area contributed by atoms with E-state index in [0.717, 1.165) is 22.3 Å². The first-order chi connectivity index (χ1) is 14.8. The fraction of sp³-hybridized carbons (Fsp3) is 0.125. The summed E-state index contributed by atoms with van der Waals surface area (Å²) in [5.41, 5.74) is 3.97. The molecular formula is C24H19Cl2N3O2. The molecule has 2 heterocycles. The van der Waals surface area contributed by atoms with Crippen molar-refractivity contribution in [2.75, 3.05) is 5.32 Å². The van der Waals surface area contributed by atoms with Gasteiger partial charge in [0.05, 0.1) is 33.0 Å². The van der Waals surface area contributed by atoms with E-state index in [-0.39, 0.29) is 15.6 Å². The number of ether oxygens (including phenoxy) is 1. The minimum Gasteiger partial charge on any atom is -0.455 e. The van der Waals surface area contributed by atoms with Crippen molar-refractivity contribution < 1.29 is 9.53 Å². The zero-order valence-electron chi connectivity index (χ0n) is 17.2. The van der Waals surface area contributed by atoms with Crippen molar-refractivity contribution in [2.45, 2.75) is 20.8 Å². The van der Waals surface area contributed by atoms with E-state index in [9.17, 15) is 4.79 Å². The van der Waals surface area contributed by atoms with E-state index in [4.69, 9.17) is 32.9 Å². The fourth-order valence-corrected chi connectivity index (χ4v) is 3.80. The van der Waals surface area contributed by atoms with Gasteiger partial charge >= 0.3 is 0 Å². The van der Waals surface area contributed by atoms with E-state index >= 15 is 0 Å². The predicted molar refractivity (Wildman–Crippen MR) is 125 cm³/mol. The van der Waals surface area contributed by atoms with Crippen LogP contribution >= 0.6 is 23.2 Å². The van der Waals surface area contributed by atoms with Crippen LogP contribution < -0.4 is 10.1 Å². The number of anilines is 1. The number of pyridine rings is 2. The van der Waals surface area contributed by atoms with Gasteiger partial charge in [0.15, 0.2) is 0 Å². The second-order valence-corrected chi connectivity index (χ2v) is 7.96. The van der Waals surface area contributed by atoms with Crippen molar-refractivity contribution in [3.8, 4) is 11.5 Å². The van der Waals surface area contributed by atoms with Gasteiger partial charge in [-0.1, -0.05) is 35.3 Å². The molecule has 5 nitrogen and oxygen atoms in total. The highest BCUT2D eigenvalue weighted by Crippen LogP contribution is 2.37. The third-order valence-electron chi connectivity index (χ3n) is 4.99. The zero-order chi connectivity index (χ0) is 22.1. The molecule has 0 spiro atoms. The van der Waals surface area contributed by atoms with Gasteiger partial charge in [0.1, 0.15) is 11.5 Å². The molecule has 0 aliphatic heterocycles. The molecule has 2 aromatic carbocycles. The highest BCUT2D eigenvalue weighted by atomic mass is 35.5. The van der Waals surface area contributed by atoms with Crippen molar-refractivity contribution in [2.24, 2.45) is 0 Å². The van der Waals surface area contributed by atoms with E-state index in [0.29, 0.717) is 22.7 Å². The Morgan fingerprint density at radius 2 is 1.68 bits per heavy atom. The molecule has 0 bridgehead atoms. The number of nitrogens with one attached hydrogen (secondary N) is 1. The Kier molecular flexibility index (Phi) is 5.81. The van der Waals surface area contributed by atoms with Crippen LogP contribution in [0.2, 0.25) is 10.0 Å². The summed E-state index contributed by atoms with van der Waals surface area (Å²) in [7, 11) is 0. The third-order valence-corrected chi connectivity index (χ3v) is 5.62. The van der Waals surface area contributed by atoms with Gasteiger partial charge in [-0.25, -0.2) is 0 Å². The zero-order valence-corrected chi connectivity index (χ0v) is 18.7. The quantitative estimate of drug-likeness (QED) is 0.366. The van der Waals surface area contributed by atoms with E-state index in [1.54, 1.807) is 30.5 Å². The first-order valence-electron chi connectivity index (χ1n) is 9.61. The van der Waals surface area contributed by atoms with Gasteiger partial charge in [-0.2, -0.15) is 0 Å².